The summed E-state index contributed by atoms with van der Waals surface area (Å²) in [5.74, 6) is -0.953. The highest BCUT2D eigenvalue weighted by Gasteiger charge is 2.24. The number of nitrogens with zero attached hydrogens (tertiary/aromatic N) is 3. The van der Waals surface area contributed by atoms with Crippen molar-refractivity contribution in [1.29, 1.82) is 0 Å². The van der Waals surface area contributed by atoms with Crippen molar-refractivity contribution in [2.24, 2.45) is 0 Å². The van der Waals surface area contributed by atoms with E-state index < -0.39 is 5.97 Å². The first-order valence-electron chi connectivity index (χ1n) is 8.03. The molecule has 1 aromatic carbocycles. The Kier molecular flexibility index (Phi) is 5.02. The van der Waals surface area contributed by atoms with E-state index in [-0.39, 0.29) is 12.7 Å². The lowest BCUT2D eigenvalue weighted by Gasteiger charge is -2.19. The molecule has 23 heavy (non-hydrogen) atoms. The van der Waals surface area contributed by atoms with Crippen LogP contribution in [0.3, 0.4) is 0 Å². The summed E-state index contributed by atoms with van der Waals surface area (Å²) in [5.41, 5.74) is 3.05. The fourth-order valence-electron chi connectivity index (χ4n) is 3.01. The lowest BCUT2D eigenvalue weighted by Crippen LogP contribution is -2.16. The summed E-state index contributed by atoms with van der Waals surface area (Å²) >= 11 is 0. The highest BCUT2D eigenvalue weighted by Crippen LogP contribution is 2.29. The number of hydrogen-bond donors (Lipinski definition) is 1. The largest absolute Gasteiger partial charge is 0.480 e. The Morgan fingerprint density at radius 1 is 1.26 bits per heavy atom. The van der Waals surface area contributed by atoms with Crippen molar-refractivity contribution in [3.05, 3.63) is 47.3 Å². The molecular weight excluding hydrogens is 294 g/mol. The molecular formula is C17H21N3O3. The van der Waals surface area contributed by atoms with Crippen molar-refractivity contribution in [3.8, 4) is 0 Å². The van der Waals surface area contributed by atoms with E-state index in [4.69, 9.17) is 9.84 Å². The Morgan fingerprint density at radius 3 is 2.87 bits per heavy atom. The first kappa shape index (κ1) is 15.7. The molecule has 0 amide bonds. The maximum atomic E-state index is 10.8. The van der Waals surface area contributed by atoms with Gasteiger partial charge in [0.2, 0.25) is 0 Å². The number of aromatic nitrogens is 3. The van der Waals surface area contributed by atoms with Crippen LogP contribution in [0.5, 0.6) is 0 Å². The minimum Gasteiger partial charge on any atom is -0.480 e. The lowest BCUT2D eigenvalue weighted by atomic mass is 9.98. The Bertz CT molecular complexity index is 654. The predicted molar refractivity (Wildman–Crippen MR) is 84.1 cm³/mol. The van der Waals surface area contributed by atoms with E-state index in [9.17, 15) is 4.79 Å². The molecule has 0 fully saturated rings. The highest BCUT2D eigenvalue weighted by molar-refractivity contribution is 5.68. The van der Waals surface area contributed by atoms with Crippen molar-refractivity contribution in [1.82, 2.24) is 15.0 Å². The molecule has 1 aliphatic rings. The van der Waals surface area contributed by atoms with Gasteiger partial charge in [0.1, 0.15) is 18.4 Å². The van der Waals surface area contributed by atoms with Crippen LogP contribution in [0.25, 0.3) is 0 Å². The molecule has 0 saturated carbocycles. The van der Waals surface area contributed by atoms with Crippen LogP contribution >= 0.6 is 0 Å². The number of aliphatic carboxylic acids is 1. The molecule has 0 aliphatic heterocycles. The van der Waals surface area contributed by atoms with Crippen LogP contribution in [0.4, 0.5) is 0 Å². The zero-order valence-corrected chi connectivity index (χ0v) is 13.0. The van der Waals surface area contributed by atoms with Gasteiger partial charge < -0.3 is 9.84 Å². The summed E-state index contributed by atoms with van der Waals surface area (Å²) in [4.78, 5) is 10.8. The van der Waals surface area contributed by atoms with Gasteiger partial charge in [-0.3, -0.25) is 0 Å². The van der Waals surface area contributed by atoms with Gasteiger partial charge in [-0.2, -0.15) is 0 Å². The molecule has 122 valence electrons. The van der Waals surface area contributed by atoms with Gasteiger partial charge in [0, 0.05) is 0 Å². The van der Waals surface area contributed by atoms with E-state index in [1.807, 2.05) is 22.9 Å². The quantitative estimate of drug-likeness (QED) is 0.917. The van der Waals surface area contributed by atoms with Gasteiger partial charge in [0.05, 0.1) is 12.2 Å². The molecule has 1 aliphatic carbocycles. The van der Waals surface area contributed by atoms with Gasteiger partial charge in [-0.1, -0.05) is 48.4 Å². The van der Waals surface area contributed by atoms with Crippen molar-refractivity contribution in [2.75, 3.05) is 6.61 Å². The summed E-state index contributed by atoms with van der Waals surface area (Å²) in [6, 6.07) is 10.1. The summed E-state index contributed by atoms with van der Waals surface area (Å²) in [6.07, 6.45) is 4.66. The fourth-order valence-corrected chi connectivity index (χ4v) is 3.01. The molecule has 1 heterocycles. The van der Waals surface area contributed by atoms with E-state index >= 15 is 0 Å². The molecule has 0 saturated heterocycles. The topological polar surface area (TPSA) is 77.2 Å². The first-order valence-corrected chi connectivity index (χ1v) is 8.03. The molecule has 1 atom stereocenters. The van der Waals surface area contributed by atoms with Crippen molar-refractivity contribution < 1.29 is 14.6 Å². The number of ether oxygens (including phenoxy) is 1. The Balaban J connectivity index is 1.83. The average molecular weight is 315 g/mol. The fraction of sp³-hybridized carbons (Fsp3) is 0.471. The smallest absolute Gasteiger partial charge is 0.329 e. The van der Waals surface area contributed by atoms with E-state index in [0.29, 0.717) is 6.54 Å². The van der Waals surface area contributed by atoms with Crippen LogP contribution in [-0.4, -0.2) is 32.7 Å². The minimum absolute atomic E-state index is 0.272. The Hall–Kier alpha value is -2.21. The Labute approximate surface area is 135 Å². The number of carboxylic acid groups (broad SMARTS) is 1. The minimum atomic E-state index is -0.953. The number of hydrogen-bond acceptors (Lipinski definition) is 4. The average Bonchev–Trinajstić information content (AvgIpc) is 2.90. The number of carboxylic acids is 1. The third-order valence-corrected chi connectivity index (χ3v) is 4.14. The first-order chi connectivity index (χ1) is 11.2. The molecule has 0 spiro atoms. The van der Waals surface area contributed by atoms with Gasteiger partial charge in [0.15, 0.2) is 0 Å². The van der Waals surface area contributed by atoms with Crippen molar-refractivity contribution in [2.45, 2.75) is 44.8 Å². The third kappa shape index (κ3) is 3.96. The van der Waals surface area contributed by atoms with Crippen LogP contribution in [0, 0.1) is 0 Å². The van der Waals surface area contributed by atoms with Crippen molar-refractivity contribution >= 4 is 5.97 Å². The van der Waals surface area contributed by atoms with Crippen LogP contribution < -0.4 is 0 Å². The molecule has 0 radical (unpaired) electrons. The summed E-state index contributed by atoms with van der Waals surface area (Å²) < 4.78 is 7.48. The molecule has 1 N–H and O–H groups in total. The predicted octanol–water partition coefficient (Wildman–Crippen LogP) is 2.59. The van der Waals surface area contributed by atoms with Gasteiger partial charge in [-0.05, 0) is 24.8 Å². The maximum Gasteiger partial charge on any atom is 0.329 e. The third-order valence-electron chi connectivity index (χ3n) is 4.14. The molecule has 1 unspecified atom stereocenters. The van der Waals surface area contributed by atoms with Gasteiger partial charge in [0.25, 0.3) is 0 Å². The number of carbonyl (C=O) groups is 1. The molecule has 3 rings (SSSR count). The number of rotatable bonds is 5. The standard InChI is InChI=1S/C17H21N3O3/c21-16(22)12-23-15-10-6-2-5-9-14-17(15)18-19-20(14)11-13-7-3-1-4-8-13/h1,3-4,7-8,15H,2,5-6,9-12H2,(H,21,22). The second-order valence-electron chi connectivity index (χ2n) is 5.86. The SMILES string of the molecule is O=C(O)COC1CCCCCc2c1nnn2Cc1ccccc1. The van der Waals surface area contributed by atoms with Crippen molar-refractivity contribution in [3.63, 3.8) is 0 Å². The molecule has 1 aromatic heterocycles. The molecule has 0 bridgehead atoms. The molecule has 2 aromatic rings. The summed E-state index contributed by atoms with van der Waals surface area (Å²) in [7, 11) is 0. The van der Waals surface area contributed by atoms with Crippen LogP contribution in [-0.2, 0) is 22.5 Å². The lowest BCUT2D eigenvalue weighted by molar-refractivity contribution is -0.144. The van der Waals surface area contributed by atoms with E-state index in [0.717, 1.165) is 43.5 Å². The zero-order valence-electron chi connectivity index (χ0n) is 13.0. The Morgan fingerprint density at radius 2 is 2.09 bits per heavy atom. The zero-order chi connectivity index (χ0) is 16.1. The van der Waals surface area contributed by atoms with Gasteiger partial charge in [-0.25, -0.2) is 9.48 Å². The van der Waals surface area contributed by atoms with E-state index in [1.165, 1.54) is 5.56 Å². The summed E-state index contributed by atoms with van der Waals surface area (Å²) in [6.45, 7) is 0.379. The highest BCUT2D eigenvalue weighted by atomic mass is 16.5. The summed E-state index contributed by atoms with van der Waals surface area (Å²) in [5, 5.41) is 17.5. The van der Waals surface area contributed by atoms with Crippen LogP contribution in [0.2, 0.25) is 0 Å². The van der Waals surface area contributed by atoms with Crippen LogP contribution in [0.1, 0.15) is 48.7 Å². The van der Waals surface area contributed by atoms with Crippen LogP contribution in [0.15, 0.2) is 30.3 Å². The molecule has 6 nitrogen and oxygen atoms in total. The van der Waals surface area contributed by atoms with Gasteiger partial charge in [-0.15, -0.1) is 5.10 Å². The monoisotopic (exact) mass is 315 g/mol. The normalized spacial score (nSPS) is 18.0. The van der Waals surface area contributed by atoms with E-state index in [2.05, 4.69) is 22.4 Å². The number of fused-ring (bicyclic) bond motifs is 1. The second kappa shape index (κ2) is 7.37. The van der Waals surface area contributed by atoms with Gasteiger partial charge >= 0.3 is 5.97 Å². The maximum absolute atomic E-state index is 10.8. The number of benzene rings is 1. The molecule has 6 heteroatoms. The van der Waals surface area contributed by atoms with E-state index in [1.54, 1.807) is 0 Å². The second-order valence-corrected chi connectivity index (χ2v) is 5.86.